The van der Waals surface area contributed by atoms with E-state index in [2.05, 4.69) is 15.9 Å². The minimum absolute atomic E-state index is 0.241. The molecule has 0 aliphatic rings. The molecule has 0 aromatic heterocycles. The van der Waals surface area contributed by atoms with Gasteiger partial charge in [0.25, 0.3) is 0 Å². The van der Waals surface area contributed by atoms with Crippen molar-refractivity contribution in [1.29, 1.82) is 0 Å². The third kappa shape index (κ3) is 3.96. The van der Waals surface area contributed by atoms with Crippen molar-refractivity contribution in [3.05, 3.63) is 34.3 Å². The molecule has 0 fully saturated rings. The smallest absolute Gasteiger partial charge is 0.193 e. The Balaban J connectivity index is 2.54. The Kier molecular flexibility index (Phi) is 4.53. The average Bonchev–Trinajstić information content (AvgIpc) is 2.09. The van der Waals surface area contributed by atoms with Gasteiger partial charge in [-0.3, -0.25) is 4.79 Å². The monoisotopic (exact) mass is 258 g/mol. The zero-order valence-electron chi connectivity index (χ0n) is 7.42. The van der Waals surface area contributed by atoms with Gasteiger partial charge in [-0.2, -0.15) is 0 Å². The van der Waals surface area contributed by atoms with E-state index in [0.717, 1.165) is 15.8 Å². The summed E-state index contributed by atoms with van der Waals surface area (Å²) in [4.78, 5) is 11.2. The van der Waals surface area contributed by atoms with Crippen LogP contribution < -0.4 is 0 Å². The van der Waals surface area contributed by atoms with E-state index < -0.39 is 0 Å². The normalized spacial score (nSPS) is 10.0. The van der Waals surface area contributed by atoms with Crippen molar-refractivity contribution in [3.63, 3.8) is 0 Å². The van der Waals surface area contributed by atoms with Crippen LogP contribution in [0.5, 0.6) is 0 Å². The van der Waals surface area contributed by atoms with Gasteiger partial charge in [0.15, 0.2) is 5.12 Å². The van der Waals surface area contributed by atoms with Crippen molar-refractivity contribution in [2.45, 2.75) is 13.3 Å². The predicted octanol–water partition coefficient (Wildman–Crippen LogP) is 3.27. The Morgan fingerprint density at radius 1 is 1.38 bits per heavy atom. The molecular weight excluding hydrogens is 248 g/mol. The number of halogens is 1. The Bertz CT molecular complexity index is 281. The van der Waals surface area contributed by atoms with Gasteiger partial charge < -0.3 is 0 Å². The summed E-state index contributed by atoms with van der Waals surface area (Å²) in [5, 5.41) is 0.241. The second-order valence-corrected chi connectivity index (χ2v) is 4.85. The number of carbonyl (C=O) groups is 1. The van der Waals surface area contributed by atoms with Gasteiger partial charge in [-0.15, -0.1) is 0 Å². The lowest BCUT2D eigenvalue weighted by atomic mass is 10.2. The first-order valence-electron chi connectivity index (χ1n) is 4.12. The molecule has 70 valence electrons. The van der Waals surface area contributed by atoms with Crippen molar-refractivity contribution >= 4 is 32.8 Å². The molecule has 1 aromatic rings. The number of rotatable bonds is 3. The Morgan fingerprint density at radius 3 is 2.54 bits per heavy atom. The summed E-state index contributed by atoms with van der Waals surface area (Å²) in [6, 6.07) is 7.86. The molecule has 0 unspecified atom stereocenters. The summed E-state index contributed by atoms with van der Waals surface area (Å²) in [6.07, 6.45) is 0.534. The van der Waals surface area contributed by atoms with Crippen molar-refractivity contribution < 1.29 is 4.79 Å². The van der Waals surface area contributed by atoms with Crippen LogP contribution in [0.4, 0.5) is 0 Å². The van der Waals surface area contributed by atoms with Gasteiger partial charge in [-0.1, -0.05) is 46.7 Å². The highest BCUT2D eigenvalue weighted by Gasteiger charge is 2.02. The van der Waals surface area contributed by atoms with E-state index in [-0.39, 0.29) is 5.12 Å². The molecule has 3 heteroatoms. The molecule has 0 N–H and O–H groups in total. The summed E-state index contributed by atoms with van der Waals surface area (Å²) < 4.78 is 1.05. The van der Waals surface area contributed by atoms with Gasteiger partial charge in [0.1, 0.15) is 0 Å². The SMILES string of the molecule is CCSC(=O)Cc1ccc(Br)cc1. The lowest BCUT2D eigenvalue weighted by molar-refractivity contribution is -0.110. The van der Waals surface area contributed by atoms with Crippen LogP contribution in [0.25, 0.3) is 0 Å². The Hall–Kier alpha value is -0.280. The first-order valence-corrected chi connectivity index (χ1v) is 5.90. The molecule has 0 amide bonds. The van der Waals surface area contributed by atoms with E-state index >= 15 is 0 Å². The summed E-state index contributed by atoms with van der Waals surface area (Å²) >= 11 is 4.73. The van der Waals surface area contributed by atoms with Gasteiger partial charge in [0, 0.05) is 10.9 Å². The van der Waals surface area contributed by atoms with Crippen LogP contribution >= 0.6 is 27.7 Å². The molecule has 0 bridgehead atoms. The Morgan fingerprint density at radius 2 is 2.00 bits per heavy atom. The highest BCUT2D eigenvalue weighted by atomic mass is 79.9. The predicted molar refractivity (Wildman–Crippen MR) is 61.0 cm³/mol. The van der Waals surface area contributed by atoms with Crippen LogP contribution in [0, 0.1) is 0 Å². The third-order valence-corrected chi connectivity index (χ3v) is 2.85. The van der Waals surface area contributed by atoms with E-state index in [1.54, 1.807) is 0 Å². The van der Waals surface area contributed by atoms with E-state index in [0.29, 0.717) is 6.42 Å². The third-order valence-electron chi connectivity index (χ3n) is 1.57. The highest BCUT2D eigenvalue weighted by Crippen LogP contribution is 2.13. The largest absolute Gasteiger partial charge is 0.287 e. The Labute approximate surface area is 91.0 Å². The van der Waals surface area contributed by atoms with E-state index in [9.17, 15) is 4.79 Å². The maximum Gasteiger partial charge on any atom is 0.193 e. The van der Waals surface area contributed by atoms with Gasteiger partial charge in [-0.25, -0.2) is 0 Å². The minimum atomic E-state index is 0.241. The maximum atomic E-state index is 11.2. The maximum absolute atomic E-state index is 11.2. The molecule has 1 rings (SSSR count). The minimum Gasteiger partial charge on any atom is -0.287 e. The molecule has 0 saturated heterocycles. The van der Waals surface area contributed by atoms with Gasteiger partial charge >= 0.3 is 0 Å². The summed E-state index contributed by atoms with van der Waals surface area (Å²) in [7, 11) is 0. The van der Waals surface area contributed by atoms with Crippen LogP contribution in [0.1, 0.15) is 12.5 Å². The molecule has 0 radical (unpaired) electrons. The molecule has 0 atom stereocenters. The van der Waals surface area contributed by atoms with Gasteiger partial charge in [-0.05, 0) is 23.4 Å². The lowest BCUT2D eigenvalue weighted by Crippen LogP contribution is -1.97. The molecule has 0 aliphatic heterocycles. The number of carbonyl (C=O) groups excluding carboxylic acids is 1. The fraction of sp³-hybridized carbons (Fsp3) is 0.300. The van der Waals surface area contributed by atoms with E-state index in [1.165, 1.54) is 11.8 Å². The fourth-order valence-electron chi connectivity index (χ4n) is 0.981. The molecule has 1 nitrogen and oxygen atoms in total. The van der Waals surface area contributed by atoms with Crippen LogP contribution in [-0.2, 0) is 11.2 Å². The lowest BCUT2D eigenvalue weighted by Gasteiger charge is -1.99. The van der Waals surface area contributed by atoms with Crippen LogP contribution in [0.15, 0.2) is 28.7 Å². The summed E-state index contributed by atoms with van der Waals surface area (Å²) in [6.45, 7) is 1.99. The van der Waals surface area contributed by atoms with Crippen LogP contribution in [0.2, 0.25) is 0 Å². The molecular formula is C10H11BrOS. The van der Waals surface area contributed by atoms with Crippen LogP contribution in [-0.4, -0.2) is 10.9 Å². The summed E-state index contributed by atoms with van der Waals surface area (Å²) in [5.41, 5.74) is 1.08. The van der Waals surface area contributed by atoms with E-state index in [1.807, 2.05) is 31.2 Å². The first kappa shape index (κ1) is 10.8. The van der Waals surface area contributed by atoms with Crippen molar-refractivity contribution in [3.8, 4) is 0 Å². The second kappa shape index (κ2) is 5.45. The molecule has 0 aliphatic carbocycles. The number of benzene rings is 1. The topological polar surface area (TPSA) is 17.1 Å². The second-order valence-electron chi connectivity index (χ2n) is 2.61. The van der Waals surface area contributed by atoms with Gasteiger partial charge in [0.05, 0.1) is 0 Å². The summed E-state index contributed by atoms with van der Waals surface area (Å²) in [5.74, 6) is 0.857. The number of thioether (sulfide) groups is 1. The average molecular weight is 259 g/mol. The molecule has 0 saturated carbocycles. The standard InChI is InChI=1S/C10H11BrOS/c1-2-13-10(12)7-8-3-5-9(11)6-4-8/h3-6H,2,7H2,1H3. The number of hydrogen-bond acceptors (Lipinski definition) is 2. The fourth-order valence-corrected chi connectivity index (χ4v) is 1.84. The van der Waals surface area contributed by atoms with Crippen molar-refractivity contribution in [2.75, 3.05) is 5.75 Å². The molecule has 1 aromatic carbocycles. The zero-order chi connectivity index (χ0) is 9.68. The van der Waals surface area contributed by atoms with Crippen molar-refractivity contribution in [2.24, 2.45) is 0 Å². The van der Waals surface area contributed by atoms with E-state index in [4.69, 9.17) is 0 Å². The molecule has 0 heterocycles. The molecule has 13 heavy (non-hydrogen) atoms. The first-order chi connectivity index (χ1) is 6.22. The number of hydrogen-bond donors (Lipinski definition) is 0. The quantitative estimate of drug-likeness (QED) is 0.828. The highest BCUT2D eigenvalue weighted by molar-refractivity contribution is 9.10. The van der Waals surface area contributed by atoms with Crippen LogP contribution in [0.3, 0.4) is 0 Å². The van der Waals surface area contributed by atoms with Gasteiger partial charge in [0.2, 0.25) is 0 Å². The van der Waals surface area contributed by atoms with Crippen molar-refractivity contribution in [1.82, 2.24) is 0 Å². The zero-order valence-corrected chi connectivity index (χ0v) is 9.82. The molecule has 0 spiro atoms.